The second-order valence-electron chi connectivity index (χ2n) is 9.07. The lowest BCUT2D eigenvalue weighted by Gasteiger charge is -2.26. The molecule has 0 unspecified atom stereocenters. The summed E-state index contributed by atoms with van der Waals surface area (Å²) in [7, 11) is 3.67. The molecule has 0 spiro atoms. The summed E-state index contributed by atoms with van der Waals surface area (Å²) in [5, 5.41) is 19.0. The highest BCUT2D eigenvalue weighted by atomic mass is 16.1. The molecule has 1 amide bonds. The van der Waals surface area contributed by atoms with Gasteiger partial charge in [0.05, 0.1) is 34.2 Å². The molecule has 3 N–H and O–H groups in total. The number of carbonyl (C=O) groups is 1. The number of amides is 1. The molecule has 1 fully saturated rings. The first-order valence-corrected chi connectivity index (χ1v) is 12.2. The van der Waals surface area contributed by atoms with Crippen LogP contribution in [0.3, 0.4) is 0 Å². The van der Waals surface area contributed by atoms with Crippen LogP contribution in [-0.2, 0) is 14.1 Å². The second kappa shape index (κ2) is 10.3. The Kier molecular flexibility index (Phi) is 6.76. The number of aryl methyl sites for hydroxylation is 3. The second-order valence-corrected chi connectivity index (χ2v) is 9.07. The van der Waals surface area contributed by atoms with Crippen LogP contribution >= 0.6 is 0 Å². The smallest absolute Gasteiger partial charge is 0.252 e. The molecule has 12 nitrogen and oxygen atoms in total. The van der Waals surface area contributed by atoms with Crippen LogP contribution in [0.4, 0.5) is 23.1 Å². The Morgan fingerprint density at radius 3 is 2.67 bits per heavy atom. The lowest BCUT2D eigenvalue weighted by atomic mass is 10.1. The van der Waals surface area contributed by atoms with Gasteiger partial charge in [-0.1, -0.05) is 6.42 Å². The minimum absolute atomic E-state index is 0.136. The molecule has 0 aromatic carbocycles. The minimum atomic E-state index is -0.136. The van der Waals surface area contributed by atoms with E-state index in [0.717, 1.165) is 36.4 Å². The lowest BCUT2D eigenvalue weighted by Crippen LogP contribution is -2.37. The quantitative estimate of drug-likeness (QED) is 0.342. The Morgan fingerprint density at radius 1 is 1.06 bits per heavy atom. The van der Waals surface area contributed by atoms with Crippen molar-refractivity contribution in [3.05, 3.63) is 42.1 Å². The first-order valence-electron chi connectivity index (χ1n) is 12.2. The highest BCUT2D eigenvalue weighted by Gasteiger charge is 2.16. The summed E-state index contributed by atoms with van der Waals surface area (Å²) in [6.07, 6.45) is 10.6. The van der Waals surface area contributed by atoms with E-state index >= 15 is 0 Å². The number of hydrogen-bond donors (Lipinski definition) is 3. The first kappa shape index (κ1) is 23.7. The van der Waals surface area contributed by atoms with Crippen molar-refractivity contribution < 1.29 is 4.79 Å². The number of pyridine rings is 1. The van der Waals surface area contributed by atoms with Crippen molar-refractivity contribution in [2.75, 3.05) is 36.8 Å². The van der Waals surface area contributed by atoms with E-state index < -0.39 is 0 Å². The lowest BCUT2D eigenvalue weighted by molar-refractivity contribution is 0.0946. The maximum atomic E-state index is 12.8. The normalized spacial score (nSPS) is 14.2. The van der Waals surface area contributed by atoms with Gasteiger partial charge >= 0.3 is 0 Å². The average Bonchev–Trinajstić information content (AvgIpc) is 3.43. The van der Waals surface area contributed by atoms with Crippen LogP contribution in [0.25, 0.3) is 11.0 Å². The molecule has 1 aliphatic heterocycles. The van der Waals surface area contributed by atoms with Crippen molar-refractivity contribution in [1.82, 2.24) is 44.7 Å². The number of piperidine rings is 1. The van der Waals surface area contributed by atoms with Gasteiger partial charge in [0.15, 0.2) is 11.5 Å². The van der Waals surface area contributed by atoms with Crippen molar-refractivity contribution in [3.8, 4) is 0 Å². The Hall–Kier alpha value is -4.06. The van der Waals surface area contributed by atoms with Crippen LogP contribution in [0.15, 0.2) is 30.9 Å². The average molecular weight is 490 g/mol. The number of anilines is 4. The molecule has 0 saturated carbocycles. The van der Waals surface area contributed by atoms with Crippen molar-refractivity contribution >= 4 is 40.1 Å². The highest BCUT2D eigenvalue weighted by molar-refractivity contribution is 5.96. The van der Waals surface area contributed by atoms with Gasteiger partial charge in [-0.2, -0.15) is 15.2 Å². The number of hydrogen-bond acceptors (Lipinski definition) is 9. The number of fused-ring (bicyclic) bond motifs is 1. The van der Waals surface area contributed by atoms with Gasteiger partial charge in [0.1, 0.15) is 0 Å². The number of rotatable bonds is 8. The molecular formula is C24H31N11O. The third kappa shape index (κ3) is 5.28. The molecule has 0 bridgehead atoms. The largest absolute Gasteiger partial charge is 0.351 e. The van der Waals surface area contributed by atoms with Gasteiger partial charge in [-0.25, -0.2) is 9.67 Å². The van der Waals surface area contributed by atoms with E-state index in [-0.39, 0.29) is 5.91 Å². The van der Waals surface area contributed by atoms with Gasteiger partial charge < -0.3 is 20.9 Å². The fraction of sp³-hybridized carbons (Fsp3) is 0.417. The van der Waals surface area contributed by atoms with Crippen LogP contribution in [0.5, 0.6) is 0 Å². The van der Waals surface area contributed by atoms with E-state index in [9.17, 15) is 4.79 Å². The number of aromatic nitrogens is 7. The zero-order valence-electron chi connectivity index (χ0n) is 20.8. The van der Waals surface area contributed by atoms with Gasteiger partial charge in [-0.05, 0) is 38.9 Å². The minimum Gasteiger partial charge on any atom is -0.351 e. The van der Waals surface area contributed by atoms with Crippen molar-refractivity contribution in [3.63, 3.8) is 0 Å². The molecule has 5 heterocycles. The van der Waals surface area contributed by atoms with Crippen LogP contribution in [0, 0.1) is 6.92 Å². The summed E-state index contributed by atoms with van der Waals surface area (Å²) in [6, 6.07) is 1.80. The number of carbonyl (C=O) groups excluding carboxylic acids is 1. The predicted molar refractivity (Wildman–Crippen MR) is 138 cm³/mol. The van der Waals surface area contributed by atoms with Crippen molar-refractivity contribution in [2.24, 2.45) is 14.1 Å². The van der Waals surface area contributed by atoms with E-state index in [1.54, 1.807) is 34.0 Å². The molecule has 0 atom stereocenters. The fourth-order valence-electron chi connectivity index (χ4n) is 4.33. The Labute approximate surface area is 209 Å². The van der Waals surface area contributed by atoms with Crippen molar-refractivity contribution in [2.45, 2.75) is 26.2 Å². The monoisotopic (exact) mass is 489 g/mol. The van der Waals surface area contributed by atoms with Gasteiger partial charge in [0, 0.05) is 45.8 Å². The summed E-state index contributed by atoms with van der Waals surface area (Å²) >= 11 is 0. The van der Waals surface area contributed by atoms with Gasteiger partial charge in [-0.3, -0.25) is 14.5 Å². The van der Waals surface area contributed by atoms with E-state index in [2.05, 4.69) is 46.0 Å². The molecule has 4 aromatic rings. The number of likely N-dealkylation sites (tertiary alicyclic amines) is 1. The van der Waals surface area contributed by atoms with Gasteiger partial charge in [0.2, 0.25) is 5.95 Å². The zero-order chi connectivity index (χ0) is 25.1. The molecule has 4 aromatic heterocycles. The number of nitrogens with one attached hydrogen (secondary N) is 3. The summed E-state index contributed by atoms with van der Waals surface area (Å²) < 4.78 is 3.39. The topological polar surface area (TPSA) is 131 Å². The third-order valence-electron chi connectivity index (χ3n) is 6.31. The van der Waals surface area contributed by atoms with Crippen LogP contribution < -0.4 is 16.0 Å². The van der Waals surface area contributed by atoms with Gasteiger partial charge in [-0.15, -0.1) is 0 Å². The first-order chi connectivity index (χ1) is 17.5. The number of nitrogens with zero attached hydrogens (tertiary/aromatic N) is 8. The van der Waals surface area contributed by atoms with E-state index in [4.69, 9.17) is 0 Å². The molecule has 0 radical (unpaired) electrons. The molecular weight excluding hydrogens is 458 g/mol. The maximum absolute atomic E-state index is 12.8. The Bertz CT molecular complexity index is 1370. The standard InChI is InChI=1S/C24H31N11O/c1-16-20(11-17(12-26-16)23(36)25-7-10-35-8-5-4-6-9-35)30-21-19-14-27-24(31-22(19)34(3)32-21)29-18-13-28-33(2)15-18/h11-15H,4-10H2,1-3H3,(H,25,36)(H,30,32)(H,27,29,31). The molecule has 0 aliphatic carbocycles. The van der Waals surface area contributed by atoms with Crippen molar-refractivity contribution in [1.29, 1.82) is 0 Å². The van der Waals surface area contributed by atoms with E-state index in [1.165, 1.54) is 19.3 Å². The summed E-state index contributed by atoms with van der Waals surface area (Å²) in [5.74, 6) is 0.905. The summed E-state index contributed by atoms with van der Waals surface area (Å²) in [4.78, 5) is 28.6. The highest BCUT2D eigenvalue weighted by Crippen LogP contribution is 2.26. The molecule has 36 heavy (non-hydrogen) atoms. The summed E-state index contributed by atoms with van der Waals surface area (Å²) in [5.41, 5.74) is 3.42. The van der Waals surface area contributed by atoms with E-state index in [1.807, 2.05) is 27.2 Å². The predicted octanol–water partition coefficient (Wildman–Crippen LogP) is 2.50. The molecule has 1 aliphatic rings. The molecule has 12 heteroatoms. The SMILES string of the molecule is Cc1ncc(C(=O)NCCN2CCCCC2)cc1Nc1nn(C)c2nc(Nc3cnn(C)c3)ncc12. The zero-order valence-corrected chi connectivity index (χ0v) is 20.8. The van der Waals surface area contributed by atoms with E-state index in [0.29, 0.717) is 35.2 Å². The molecule has 188 valence electrons. The maximum Gasteiger partial charge on any atom is 0.252 e. The Balaban J connectivity index is 1.29. The molecule has 1 saturated heterocycles. The fourth-order valence-corrected chi connectivity index (χ4v) is 4.33. The van der Waals surface area contributed by atoms with Crippen LogP contribution in [0.1, 0.15) is 35.3 Å². The van der Waals surface area contributed by atoms with Gasteiger partial charge in [0.25, 0.3) is 5.91 Å². The molecule has 5 rings (SSSR count). The van der Waals surface area contributed by atoms with Crippen LogP contribution in [0.2, 0.25) is 0 Å². The van der Waals surface area contributed by atoms with Crippen LogP contribution in [-0.4, -0.2) is 71.5 Å². The Morgan fingerprint density at radius 2 is 1.89 bits per heavy atom. The summed E-state index contributed by atoms with van der Waals surface area (Å²) in [6.45, 7) is 5.59. The third-order valence-corrected chi connectivity index (χ3v) is 6.31.